The predicted molar refractivity (Wildman–Crippen MR) is 86.9 cm³/mol. The van der Waals surface area contributed by atoms with Gasteiger partial charge in [-0.15, -0.1) is 0 Å². The van der Waals surface area contributed by atoms with Crippen LogP contribution >= 0.6 is 27.9 Å². The number of Topliss-reactive ketones (excluding diaryl/α,β-unsaturated/α-hetero) is 1. The summed E-state index contributed by atoms with van der Waals surface area (Å²) in [6.45, 7) is 0. The van der Waals surface area contributed by atoms with Gasteiger partial charge in [0.05, 0.1) is 11.2 Å². The topological polar surface area (TPSA) is 66.4 Å². The predicted octanol–water partition coefficient (Wildman–Crippen LogP) is 3.50. The number of aliphatic carboxylic acids is 1. The maximum Gasteiger partial charge on any atom is 0.306 e. The van der Waals surface area contributed by atoms with Crippen LogP contribution in [-0.4, -0.2) is 28.2 Å². The second kappa shape index (κ2) is 7.96. The summed E-state index contributed by atoms with van der Waals surface area (Å²) in [5, 5.41) is 9.30. The van der Waals surface area contributed by atoms with Crippen molar-refractivity contribution in [3.63, 3.8) is 0 Å². The minimum Gasteiger partial charge on any atom is -0.481 e. The third-order valence-electron chi connectivity index (χ3n) is 3.72. The molecule has 1 saturated carbocycles. The van der Waals surface area contributed by atoms with E-state index in [1.165, 1.54) is 0 Å². The Morgan fingerprint density at radius 1 is 1.19 bits per heavy atom. The molecule has 2 N–H and O–H groups in total. The molecule has 114 valence electrons. The molecule has 1 fully saturated rings. The summed E-state index contributed by atoms with van der Waals surface area (Å²) >= 11 is 4.70. The normalized spacial score (nSPS) is 22.0. The van der Waals surface area contributed by atoms with Crippen molar-refractivity contribution in [1.29, 1.82) is 0 Å². The summed E-state index contributed by atoms with van der Waals surface area (Å²) in [6, 6.07) is 7.87. The van der Waals surface area contributed by atoms with Crippen LogP contribution in [0.1, 0.15) is 36.0 Å². The molecule has 0 atom stereocenters. The number of benzene rings is 1. The number of rotatable bonds is 6. The molecular formula is C15H18BrNO3S. The molecule has 1 aromatic rings. The first-order valence-electron chi connectivity index (χ1n) is 6.94. The molecule has 1 aromatic carbocycles. The number of carbonyl (C=O) groups is 2. The Morgan fingerprint density at radius 2 is 1.81 bits per heavy atom. The number of halogens is 1. The van der Waals surface area contributed by atoms with Crippen molar-refractivity contribution in [3.8, 4) is 0 Å². The van der Waals surface area contributed by atoms with Gasteiger partial charge < -0.3 is 5.11 Å². The number of ketones is 1. The summed E-state index contributed by atoms with van der Waals surface area (Å²) in [6.07, 6.45) is 3.27. The Morgan fingerprint density at radius 3 is 2.33 bits per heavy atom. The van der Waals surface area contributed by atoms with Crippen molar-refractivity contribution in [1.82, 2.24) is 4.72 Å². The minimum atomic E-state index is -0.673. The molecule has 0 unspecified atom stereocenters. The first-order chi connectivity index (χ1) is 10.1. The molecule has 1 aliphatic rings. The molecule has 0 amide bonds. The van der Waals surface area contributed by atoms with Gasteiger partial charge in [0.15, 0.2) is 5.78 Å². The van der Waals surface area contributed by atoms with Gasteiger partial charge in [-0.3, -0.25) is 14.3 Å². The third kappa shape index (κ3) is 4.83. The van der Waals surface area contributed by atoms with Crippen LogP contribution in [0.2, 0.25) is 0 Å². The summed E-state index contributed by atoms with van der Waals surface area (Å²) < 4.78 is 3.39. The van der Waals surface area contributed by atoms with E-state index < -0.39 is 5.97 Å². The van der Waals surface area contributed by atoms with Gasteiger partial charge in [-0.2, -0.15) is 0 Å². The zero-order valence-corrected chi connectivity index (χ0v) is 14.0. The molecule has 0 spiro atoms. The minimum absolute atomic E-state index is 0.0755. The van der Waals surface area contributed by atoms with E-state index in [0.29, 0.717) is 16.9 Å². The van der Waals surface area contributed by atoms with Gasteiger partial charge in [-0.25, -0.2) is 0 Å². The van der Waals surface area contributed by atoms with E-state index in [1.807, 2.05) is 24.3 Å². The highest BCUT2D eigenvalue weighted by Gasteiger charge is 2.25. The van der Waals surface area contributed by atoms with E-state index in [-0.39, 0.29) is 11.7 Å². The fourth-order valence-corrected chi connectivity index (χ4v) is 3.53. The lowest BCUT2D eigenvalue weighted by Gasteiger charge is -2.26. The molecular weight excluding hydrogens is 354 g/mol. The third-order valence-corrected chi connectivity index (χ3v) is 5.19. The number of nitrogens with one attached hydrogen (secondary N) is 1. The highest BCUT2D eigenvalue weighted by molar-refractivity contribution is 9.09. The lowest BCUT2D eigenvalue weighted by atomic mass is 9.87. The molecule has 4 nitrogen and oxygen atoms in total. The summed E-state index contributed by atoms with van der Waals surface area (Å²) in [4.78, 5) is 23.5. The van der Waals surface area contributed by atoms with Gasteiger partial charge in [0.1, 0.15) is 0 Å². The van der Waals surface area contributed by atoms with E-state index >= 15 is 0 Å². The second-order valence-corrected chi connectivity index (χ2v) is 6.66. The molecule has 2 rings (SSSR count). The molecule has 0 bridgehead atoms. The Balaban J connectivity index is 1.79. The summed E-state index contributed by atoms with van der Waals surface area (Å²) in [7, 11) is 0. The quantitative estimate of drug-likeness (QED) is 0.455. The maximum atomic E-state index is 11.5. The van der Waals surface area contributed by atoms with Crippen molar-refractivity contribution >= 4 is 39.6 Å². The molecule has 6 heteroatoms. The first kappa shape index (κ1) is 16.5. The van der Waals surface area contributed by atoms with Crippen LogP contribution in [0.3, 0.4) is 0 Å². The molecule has 0 saturated heterocycles. The smallest absolute Gasteiger partial charge is 0.306 e. The van der Waals surface area contributed by atoms with Gasteiger partial charge in [0.25, 0.3) is 0 Å². The second-order valence-electron chi connectivity index (χ2n) is 5.19. The number of hydrogen-bond donors (Lipinski definition) is 2. The van der Waals surface area contributed by atoms with Crippen LogP contribution in [0.25, 0.3) is 0 Å². The van der Waals surface area contributed by atoms with E-state index in [1.54, 1.807) is 11.9 Å². The number of hydrogen-bond acceptors (Lipinski definition) is 4. The van der Waals surface area contributed by atoms with E-state index in [4.69, 9.17) is 5.11 Å². The molecule has 21 heavy (non-hydrogen) atoms. The van der Waals surface area contributed by atoms with Crippen LogP contribution in [0, 0.1) is 5.92 Å². The van der Waals surface area contributed by atoms with Gasteiger partial charge in [0, 0.05) is 16.5 Å². The van der Waals surface area contributed by atoms with E-state index in [0.717, 1.165) is 30.6 Å². The number of alkyl halides is 1. The lowest BCUT2D eigenvalue weighted by molar-refractivity contribution is -0.142. The fourth-order valence-electron chi connectivity index (χ4n) is 2.40. The van der Waals surface area contributed by atoms with Crippen LogP contribution in [0.4, 0.5) is 0 Å². The Bertz CT molecular complexity index is 498. The standard InChI is InChI=1S/C15H18BrNO3S/c16-9-14(18)10-3-7-13(8-4-10)21-17-12-5-1-11(2-6-12)15(19)20/h3-4,7-8,11-12,17H,1-2,5-6,9H2,(H,19,20)/t11-,12-. The molecule has 0 heterocycles. The van der Waals surface area contributed by atoms with Gasteiger partial charge in [0.2, 0.25) is 0 Å². The monoisotopic (exact) mass is 371 g/mol. The zero-order valence-electron chi connectivity index (χ0n) is 11.5. The first-order valence-corrected chi connectivity index (χ1v) is 8.88. The SMILES string of the molecule is O=C(CBr)c1ccc(SN[C@H]2CC[C@H](C(=O)O)CC2)cc1. The Labute approximate surface area is 137 Å². The lowest BCUT2D eigenvalue weighted by Crippen LogP contribution is -2.31. The number of carboxylic acids is 1. The summed E-state index contributed by atoms with van der Waals surface area (Å²) in [5.41, 5.74) is 0.707. The average Bonchev–Trinajstić information content (AvgIpc) is 2.53. The Kier molecular flexibility index (Phi) is 6.26. The molecule has 0 radical (unpaired) electrons. The van der Waals surface area contributed by atoms with Gasteiger partial charge in [-0.05, 0) is 49.8 Å². The Hall–Kier alpha value is -0.850. The molecule has 0 aromatic heterocycles. The highest BCUT2D eigenvalue weighted by Crippen LogP contribution is 2.27. The van der Waals surface area contributed by atoms with Crippen LogP contribution in [0.15, 0.2) is 29.2 Å². The van der Waals surface area contributed by atoms with E-state index in [2.05, 4.69) is 20.7 Å². The highest BCUT2D eigenvalue weighted by atomic mass is 79.9. The van der Waals surface area contributed by atoms with Crippen molar-refractivity contribution in [3.05, 3.63) is 29.8 Å². The fraction of sp³-hybridized carbons (Fsp3) is 0.467. The van der Waals surface area contributed by atoms with Crippen molar-refractivity contribution in [2.45, 2.75) is 36.6 Å². The molecule has 1 aliphatic carbocycles. The van der Waals surface area contributed by atoms with Crippen molar-refractivity contribution < 1.29 is 14.7 Å². The number of carboxylic acid groups (broad SMARTS) is 1. The van der Waals surface area contributed by atoms with Gasteiger partial charge in [-0.1, -0.05) is 28.1 Å². The largest absolute Gasteiger partial charge is 0.481 e. The van der Waals surface area contributed by atoms with E-state index in [9.17, 15) is 9.59 Å². The van der Waals surface area contributed by atoms with Gasteiger partial charge >= 0.3 is 5.97 Å². The maximum absolute atomic E-state index is 11.5. The zero-order chi connectivity index (χ0) is 15.2. The summed E-state index contributed by atoms with van der Waals surface area (Å²) in [5.74, 6) is -0.776. The van der Waals surface area contributed by atoms with Crippen LogP contribution < -0.4 is 4.72 Å². The van der Waals surface area contributed by atoms with Crippen LogP contribution in [0.5, 0.6) is 0 Å². The van der Waals surface area contributed by atoms with Crippen molar-refractivity contribution in [2.75, 3.05) is 5.33 Å². The average molecular weight is 372 g/mol. The van der Waals surface area contributed by atoms with Crippen molar-refractivity contribution in [2.24, 2.45) is 5.92 Å². The molecule has 0 aliphatic heterocycles. The van der Waals surface area contributed by atoms with Crippen LogP contribution in [-0.2, 0) is 4.79 Å². The number of carbonyl (C=O) groups excluding carboxylic acids is 1.